The lowest BCUT2D eigenvalue weighted by atomic mass is 10.0. The topological polar surface area (TPSA) is 54.5 Å². The maximum absolute atomic E-state index is 12.2. The van der Waals surface area contributed by atoms with Crippen LogP contribution in [0.4, 0.5) is 11.5 Å². The highest BCUT2D eigenvalue weighted by atomic mass is 16.5. The van der Waals surface area contributed by atoms with Crippen LogP contribution in [0.25, 0.3) is 0 Å². The molecule has 1 amide bonds. The summed E-state index contributed by atoms with van der Waals surface area (Å²) < 4.78 is 5.37. The molecule has 1 aliphatic carbocycles. The highest BCUT2D eigenvalue weighted by Crippen LogP contribution is 2.29. The van der Waals surface area contributed by atoms with Gasteiger partial charge in [-0.2, -0.15) is 0 Å². The van der Waals surface area contributed by atoms with Gasteiger partial charge >= 0.3 is 0 Å². The third-order valence-corrected chi connectivity index (χ3v) is 4.32. The van der Waals surface area contributed by atoms with Crippen molar-refractivity contribution < 1.29 is 9.53 Å². The lowest BCUT2D eigenvalue weighted by molar-refractivity contribution is -0.117. The number of morpholine rings is 1. The number of nitrogens with one attached hydrogen (secondary N) is 1. The van der Waals surface area contributed by atoms with Crippen molar-refractivity contribution in [3.05, 3.63) is 18.3 Å². The number of aromatic nitrogens is 1. The fraction of sp³-hybridized carbons (Fsp3) is 0.625. The number of pyridine rings is 1. The van der Waals surface area contributed by atoms with Gasteiger partial charge in [0.1, 0.15) is 0 Å². The summed E-state index contributed by atoms with van der Waals surface area (Å²) in [7, 11) is 0. The molecule has 0 atom stereocenters. The normalized spacial score (nSPS) is 19.7. The van der Waals surface area contributed by atoms with Gasteiger partial charge in [0, 0.05) is 25.7 Å². The Balaban J connectivity index is 1.65. The van der Waals surface area contributed by atoms with Gasteiger partial charge in [-0.05, 0) is 30.9 Å². The number of amides is 1. The van der Waals surface area contributed by atoms with E-state index in [0.29, 0.717) is 25.6 Å². The summed E-state index contributed by atoms with van der Waals surface area (Å²) in [5, 5.41) is 3.05. The van der Waals surface area contributed by atoms with Crippen LogP contribution < -0.4 is 10.2 Å². The number of rotatable bonds is 4. The van der Waals surface area contributed by atoms with E-state index in [1.165, 1.54) is 25.7 Å². The van der Waals surface area contributed by atoms with Gasteiger partial charge in [0.15, 0.2) is 5.82 Å². The molecule has 3 rings (SSSR count). The molecule has 114 valence electrons. The maximum atomic E-state index is 12.2. The largest absolute Gasteiger partial charge is 0.378 e. The monoisotopic (exact) mass is 289 g/mol. The SMILES string of the molecule is O=C(CC1CCCC1)Nc1cccnc1N1CCOCC1. The molecule has 0 radical (unpaired) electrons. The molecule has 0 unspecified atom stereocenters. The molecule has 2 heterocycles. The molecule has 5 heteroatoms. The van der Waals surface area contributed by atoms with Crippen molar-refractivity contribution in [3.8, 4) is 0 Å². The molecular weight excluding hydrogens is 266 g/mol. The molecule has 1 aromatic heterocycles. The zero-order chi connectivity index (χ0) is 14.5. The van der Waals surface area contributed by atoms with Gasteiger partial charge in [-0.15, -0.1) is 0 Å². The summed E-state index contributed by atoms with van der Waals surface area (Å²) in [6, 6.07) is 3.81. The van der Waals surface area contributed by atoms with Crippen molar-refractivity contribution in [1.29, 1.82) is 0 Å². The van der Waals surface area contributed by atoms with Crippen molar-refractivity contribution in [2.24, 2.45) is 5.92 Å². The number of carbonyl (C=O) groups is 1. The Bertz CT molecular complexity index is 480. The van der Waals surface area contributed by atoms with Crippen molar-refractivity contribution in [2.75, 3.05) is 36.5 Å². The number of carbonyl (C=O) groups excluding carboxylic acids is 1. The van der Waals surface area contributed by atoms with Crippen molar-refractivity contribution in [2.45, 2.75) is 32.1 Å². The van der Waals surface area contributed by atoms with Crippen LogP contribution in [0.15, 0.2) is 18.3 Å². The third kappa shape index (κ3) is 3.73. The summed E-state index contributed by atoms with van der Waals surface area (Å²) in [5.74, 6) is 1.54. The van der Waals surface area contributed by atoms with E-state index in [-0.39, 0.29) is 5.91 Å². The van der Waals surface area contributed by atoms with Gasteiger partial charge in [-0.1, -0.05) is 12.8 Å². The zero-order valence-corrected chi connectivity index (χ0v) is 12.4. The second-order valence-corrected chi connectivity index (χ2v) is 5.88. The Hall–Kier alpha value is -1.62. The molecule has 1 saturated carbocycles. The summed E-state index contributed by atoms with van der Waals surface area (Å²) >= 11 is 0. The molecule has 1 saturated heterocycles. The molecule has 0 spiro atoms. The van der Waals surface area contributed by atoms with Crippen molar-refractivity contribution >= 4 is 17.4 Å². The summed E-state index contributed by atoms with van der Waals surface area (Å²) in [6.07, 6.45) is 7.33. The molecular formula is C16H23N3O2. The molecule has 0 aromatic carbocycles. The van der Waals surface area contributed by atoms with Crippen LogP contribution in [0.5, 0.6) is 0 Å². The number of hydrogen-bond acceptors (Lipinski definition) is 4. The molecule has 2 aliphatic rings. The first-order chi connectivity index (χ1) is 10.3. The second-order valence-electron chi connectivity index (χ2n) is 5.88. The molecule has 21 heavy (non-hydrogen) atoms. The number of nitrogens with zero attached hydrogens (tertiary/aromatic N) is 2. The van der Waals surface area contributed by atoms with Gasteiger partial charge in [-0.25, -0.2) is 4.98 Å². The van der Waals surface area contributed by atoms with E-state index in [9.17, 15) is 4.79 Å². The third-order valence-electron chi connectivity index (χ3n) is 4.32. The fourth-order valence-corrected chi connectivity index (χ4v) is 3.20. The molecule has 0 bridgehead atoms. The Morgan fingerprint density at radius 2 is 2.10 bits per heavy atom. The van der Waals surface area contributed by atoms with E-state index in [1.807, 2.05) is 12.1 Å². The van der Waals surface area contributed by atoms with E-state index < -0.39 is 0 Å². The number of ether oxygens (including phenoxy) is 1. The smallest absolute Gasteiger partial charge is 0.224 e. The van der Waals surface area contributed by atoms with E-state index >= 15 is 0 Å². The average molecular weight is 289 g/mol. The molecule has 1 N–H and O–H groups in total. The Morgan fingerprint density at radius 3 is 2.86 bits per heavy atom. The Labute approximate surface area is 125 Å². The number of hydrogen-bond donors (Lipinski definition) is 1. The fourth-order valence-electron chi connectivity index (χ4n) is 3.20. The molecule has 1 aromatic rings. The molecule has 1 aliphatic heterocycles. The first-order valence-electron chi connectivity index (χ1n) is 7.90. The number of anilines is 2. The van der Waals surface area contributed by atoms with Crippen LogP contribution >= 0.6 is 0 Å². The second kappa shape index (κ2) is 6.89. The first-order valence-corrected chi connectivity index (χ1v) is 7.90. The van der Waals surface area contributed by atoms with Crippen molar-refractivity contribution in [3.63, 3.8) is 0 Å². The first kappa shape index (κ1) is 14.3. The van der Waals surface area contributed by atoms with Crippen LogP contribution in [-0.4, -0.2) is 37.2 Å². The van der Waals surface area contributed by atoms with Crippen LogP contribution in [0.3, 0.4) is 0 Å². The lowest BCUT2D eigenvalue weighted by Crippen LogP contribution is -2.37. The summed E-state index contributed by atoms with van der Waals surface area (Å²) in [4.78, 5) is 18.8. The Kier molecular flexibility index (Phi) is 4.70. The Morgan fingerprint density at radius 1 is 1.33 bits per heavy atom. The lowest BCUT2D eigenvalue weighted by Gasteiger charge is -2.29. The maximum Gasteiger partial charge on any atom is 0.224 e. The van der Waals surface area contributed by atoms with E-state index in [2.05, 4.69) is 15.2 Å². The minimum absolute atomic E-state index is 0.115. The summed E-state index contributed by atoms with van der Waals surface area (Å²) in [6.45, 7) is 3.07. The molecule has 2 fully saturated rings. The average Bonchev–Trinajstić information content (AvgIpc) is 3.01. The van der Waals surface area contributed by atoms with Crippen LogP contribution in [0, 0.1) is 5.92 Å². The minimum Gasteiger partial charge on any atom is -0.378 e. The van der Waals surface area contributed by atoms with Gasteiger partial charge in [-0.3, -0.25) is 4.79 Å². The standard InChI is InChI=1S/C16H23N3O2/c20-15(12-13-4-1-2-5-13)18-14-6-3-7-17-16(14)19-8-10-21-11-9-19/h3,6-7,13H,1-2,4-5,8-12H2,(H,18,20). The van der Waals surface area contributed by atoms with Crippen LogP contribution in [0.1, 0.15) is 32.1 Å². The van der Waals surface area contributed by atoms with E-state index in [0.717, 1.165) is 24.6 Å². The minimum atomic E-state index is 0.115. The predicted octanol–water partition coefficient (Wildman–Crippen LogP) is 2.44. The van der Waals surface area contributed by atoms with Crippen LogP contribution in [0.2, 0.25) is 0 Å². The zero-order valence-electron chi connectivity index (χ0n) is 12.4. The molecule has 5 nitrogen and oxygen atoms in total. The van der Waals surface area contributed by atoms with Gasteiger partial charge in [0.25, 0.3) is 0 Å². The van der Waals surface area contributed by atoms with Crippen molar-refractivity contribution in [1.82, 2.24) is 4.98 Å². The van der Waals surface area contributed by atoms with E-state index in [4.69, 9.17) is 4.74 Å². The van der Waals surface area contributed by atoms with Gasteiger partial charge in [0.05, 0.1) is 18.9 Å². The van der Waals surface area contributed by atoms with Gasteiger partial charge in [0.2, 0.25) is 5.91 Å². The highest BCUT2D eigenvalue weighted by molar-refractivity contribution is 5.93. The van der Waals surface area contributed by atoms with Crippen LogP contribution in [-0.2, 0) is 9.53 Å². The van der Waals surface area contributed by atoms with E-state index in [1.54, 1.807) is 6.20 Å². The van der Waals surface area contributed by atoms with Gasteiger partial charge < -0.3 is 15.0 Å². The quantitative estimate of drug-likeness (QED) is 0.925. The predicted molar refractivity (Wildman–Crippen MR) is 82.5 cm³/mol. The highest BCUT2D eigenvalue weighted by Gasteiger charge is 2.20. The summed E-state index contributed by atoms with van der Waals surface area (Å²) in [5.41, 5.74) is 0.822.